The number of rotatable bonds is 4. The molecule has 124 valence electrons. The first-order valence-corrected chi connectivity index (χ1v) is 10.5. The summed E-state index contributed by atoms with van der Waals surface area (Å²) in [5.74, 6) is 0. The summed E-state index contributed by atoms with van der Waals surface area (Å²) in [6, 6.07) is 16.2. The van der Waals surface area contributed by atoms with Crippen molar-refractivity contribution in [3.63, 3.8) is 0 Å². The first kappa shape index (κ1) is 17.2. The number of aromatic nitrogens is 2. The Balaban J connectivity index is 2.10. The van der Waals surface area contributed by atoms with Crippen LogP contribution in [0.15, 0.2) is 59.5 Å². The molecule has 0 atom stereocenters. The van der Waals surface area contributed by atoms with Crippen LogP contribution in [0.25, 0.3) is 16.9 Å². The number of hydrogen-bond acceptors (Lipinski definition) is 3. The lowest BCUT2D eigenvalue weighted by Crippen LogP contribution is -2.00. The van der Waals surface area contributed by atoms with Crippen LogP contribution < -0.4 is 0 Å². The minimum atomic E-state index is -3.21. The molecule has 0 saturated heterocycles. The lowest BCUT2D eigenvalue weighted by molar-refractivity contribution is 0.602. The van der Waals surface area contributed by atoms with Gasteiger partial charge in [0, 0.05) is 22.2 Å². The van der Waals surface area contributed by atoms with Gasteiger partial charge in [0.15, 0.2) is 9.84 Å². The monoisotopic (exact) mass is 424 g/mol. The van der Waals surface area contributed by atoms with E-state index >= 15 is 0 Å². The highest BCUT2D eigenvalue weighted by atomic mass is 79.9. The fourth-order valence-corrected chi connectivity index (χ4v) is 3.38. The molecule has 0 aliphatic carbocycles. The van der Waals surface area contributed by atoms with Crippen LogP contribution in [0.3, 0.4) is 0 Å². The number of alkyl halides is 1. The molecule has 0 aliphatic heterocycles. The molecule has 2 aromatic carbocycles. The molecule has 0 spiro atoms. The molecular formula is C17H14BrClN2O2S. The van der Waals surface area contributed by atoms with Gasteiger partial charge < -0.3 is 0 Å². The van der Waals surface area contributed by atoms with Crippen LogP contribution in [0.1, 0.15) is 5.69 Å². The van der Waals surface area contributed by atoms with E-state index in [9.17, 15) is 8.42 Å². The van der Waals surface area contributed by atoms with Crippen molar-refractivity contribution in [3.05, 3.63) is 65.3 Å². The first-order chi connectivity index (χ1) is 11.4. The van der Waals surface area contributed by atoms with Crippen LogP contribution in [-0.4, -0.2) is 24.5 Å². The lowest BCUT2D eigenvalue weighted by Gasteiger charge is -2.08. The van der Waals surface area contributed by atoms with Gasteiger partial charge in [0.1, 0.15) is 0 Å². The van der Waals surface area contributed by atoms with Gasteiger partial charge in [-0.25, -0.2) is 13.1 Å². The largest absolute Gasteiger partial charge is 0.233 e. The second-order valence-corrected chi connectivity index (χ2v) is 8.35. The molecule has 24 heavy (non-hydrogen) atoms. The minimum absolute atomic E-state index is 0.296. The molecule has 3 aromatic rings. The summed E-state index contributed by atoms with van der Waals surface area (Å²) in [6.07, 6.45) is 1.20. The van der Waals surface area contributed by atoms with E-state index in [0.717, 1.165) is 22.6 Å². The molecule has 4 nitrogen and oxygen atoms in total. The van der Waals surface area contributed by atoms with E-state index in [1.165, 1.54) is 6.26 Å². The molecule has 0 amide bonds. The molecule has 0 N–H and O–H groups in total. The molecule has 3 rings (SSSR count). The van der Waals surface area contributed by atoms with Crippen molar-refractivity contribution in [3.8, 4) is 16.9 Å². The van der Waals surface area contributed by atoms with E-state index < -0.39 is 9.84 Å². The Morgan fingerprint density at radius 3 is 2.25 bits per heavy atom. The summed E-state index contributed by atoms with van der Waals surface area (Å²) in [6.45, 7) is 0. The molecule has 1 heterocycles. The molecule has 0 unspecified atom stereocenters. The number of benzene rings is 2. The topological polar surface area (TPSA) is 52.0 Å². The maximum absolute atomic E-state index is 11.6. The lowest BCUT2D eigenvalue weighted by atomic mass is 10.1. The van der Waals surface area contributed by atoms with Crippen LogP contribution >= 0.6 is 27.5 Å². The Kier molecular flexibility index (Phi) is 4.80. The summed E-state index contributed by atoms with van der Waals surface area (Å²) in [4.78, 5) is 0.296. The minimum Gasteiger partial charge on any atom is -0.233 e. The predicted octanol–water partition coefficient (Wildman–Crippen LogP) is 4.49. The Hall–Kier alpha value is -1.63. The maximum Gasteiger partial charge on any atom is 0.175 e. The third-order valence-corrected chi connectivity index (χ3v) is 5.50. The smallest absolute Gasteiger partial charge is 0.175 e. The van der Waals surface area contributed by atoms with Crippen LogP contribution in [0.4, 0.5) is 0 Å². The van der Waals surface area contributed by atoms with Crippen LogP contribution in [-0.2, 0) is 15.2 Å². The van der Waals surface area contributed by atoms with E-state index in [2.05, 4.69) is 21.0 Å². The zero-order valence-corrected chi connectivity index (χ0v) is 15.9. The highest BCUT2D eigenvalue weighted by Crippen LogP contribution is 2.26. The van der Waals surface area contributed by atoms with Gasteiger partial charge in [-0.1, -0.05) is 39.7 Å². The van der Waals surface area contributed by atoms with Crippen molar-refractivity contribution in [1.29, 1.82) is 0 Å². The summed E-state index contributed by atoms with van der Waals surface area (Å²) >= 11 is 9.38. The van der Waals surface area contributed by atoms with Crippen molar-refractivity contribution in [1.82, 2.24) is 9.78 Å². The van der Waals surface area contributed by atoms with Gasteiger partial charge in [-0.05, 0) is 42.5 Å². The zero-order chi connectivity index (χ0) is 17.3. The molecule has 0 saturated carbocycles. The quantitative estimate of drug-likeness (QED) is 0.579. The highest BCUT2D eigenvalue weighted by molar-refractivity contribution is 9.08. The predicted molar refractivity (Wildman–Crippen MR) is 99.8 cm³/mol. The molecule has 0 radical (unpaired) electrons. The van der Waals surface area contributed by atoms with Gasteiger partial charge in [-0.15, -0.1) is 0 Å². The normalized spacial score (nSPS) is 11.6. The van der Waals surface area contributed by atoms with Gasteiger partial charge in [0.2, 0.25) is 0 Å². The Bertz CT molecular complexity index is 965. The van der Waals surface area contributed by atoms with E-state index in [1.807, 2.05) is 35.0 Å². The Morgan fingerprint density at radius 2 is 1.71 bits per heavy atom. The van der Waals surface area contributed by atoms with Crippen molar-refractivity contribution in [2.75, 3.05) is 6.26 Å². The second-order valence-electron chi connectivity index (χ2n) is 5.34. The average molecular weight is 426 g/mol. The van der Waals surface area contributed by atoms with E-state index in [0.29, 0.717) is 15.2 Å². The van der Waals surface area contributed by atoms with Crippen molar-refractivity contribution in [2.45, 2.75) is 10.2 Å². The summed E-state index contributed by atoms with van der Waals surface area (Å²) < 4.78 is 25.1. The van der Waals surface area contributed by atoms with E-state index in [4.69, 9.17) is 11.6 Å². The molecule has 7 heteroatoms. The number of nitrogens with zero attached hydrogens (tertiary/aromatic N) is 2. The third kappa shape index (κ3) is 3.55. The first-order valence-electron chi connectivity index (χ1n) is 7.10. The van der Waals surface area contributed by atoms with E-state index in [1.54, 1.807) is 24.3 Å². The Morgan fingerprint density at radius 1 is 1.08 bits per heavy atom. The van der Waals surface area contributed by atoms with Gasteiger partial charge in [0.05, 0.1) is 22.0 Å². The Labute approximate surface area is 154 Å². The zero-order valence-electron chi connectivity index (χ0n) is 12.8. The average Bonchev–Trinajstić information content (AvgIpc) is 2.99. The van der Waals surface area contributed by atoms with Gasteiger partial charge in [-0.2, -0.15) is 5.10 Å². The van der Waals surface area contributed by atoms with Crippen LogP contribution in [0.5, 0.6) is 0 Å². The standard InChI is InChI=1S/C17H14BrClN2O2S/c1-24(22,23)16-8-2-12(3-9-16)17-10-14(11-18)20-21(17)15-6-4-13(19)5-7-15/h2-10H,11H2,1H3. The number of halogens is 2. The summed E-state index contributed by atoms with van der Waals surface area (Å²) in [7, 11) is -3.21. The molecular weight excluding hydrogens is 412 g/mol. The second kappa shape index (κ2) is 6.70. The SMILES string of the molecule is CS(=O)(=O)c1ccc(-c2cc(CBr)nn2-c2ccc(Cl)cc2)cc1. The number of hydrogen-bond donors (Lipinski definition) is 0. The van der Waals surface area contributed by atoms with Gasteiger partial charge >= 0.3 is 0 Å². The van der Waals surface area contributed by atoms with Crippen molar-refractivity contribution in [2.24, 2.45) is 0 Å². The number of sulfone groups is 1. The van der Waals surface area contributed by atoms with E-state index in [-0.39, 0.29) is 0 Å². The summed E-state index contributed by atoms with van der Waals surface area (Å²) in [5.41, 5.74) is 3.53. The molecule has 0 bridgehead atoms. The fourth-order valence-electron chi connectivity index (χ4n) is 2.35. The molecule has 0 aliphatic rings. The highest BCUT2D eigenvalue weighted by Gasteiger charge is 2.13. The van der Waals surface area contributed by atoms with Gasteiger partial charge in [0.25, 0.3) is 0 Å². The molecule has 1 aromatic heterocycles. The van der Waals surface area contributed by atoms with Gasteiger partial charge in [-0.3, -0.25) is 0 Å². The fraction of sp³-hybridized carbons (Fsp3) is 0.118. The van der Waals surface area contributed by atoms with Crippen LogP contribution in [0.2, 0.25) is 5.02 Å². The van der Waals surface area contributed by atoms with Crippen LogP contribution in [0, 0.1) is 0 Å². The molecule has 0 fully saturated rings. The maximum atomic E-state index is 11.6. The van der Waals surface area contributed by atoms with Crippen molar-refractivity contribution >= 4 is 37.4 Å². The van der Waals surface area contributed by atoms with Crippen molar-refractivity contribution < 1.29 is 8.42 Å². The third-order valence-electron chi connectivity index (χ3n) is 3.55. The summed E-state index contributed by atoms with van der Waals surface area (Å²) in [5, 5.41) is 5.87.